The molecular weight excluding hydrogens is 258 g/mol. The van der Waals surface area contributed by atoms with E-state index in [-0.39, 0.29) is 5.56 Å². The number of halogens is 2. The molecule has 0 saturated heterocycles. The second kappa shape index (κ2) is 5.07. The summed E-state index contributed by atoms with van der Waals surface area (Å²) in [6.07, 6.45) is -4.65. The average molecular weight is 270 g/mol. The van der Waals surface area contributed by atoms with Gasteiger partial charge in [0.1, 0.15) is 12.2 Å². The van der Waals surface area contributed by atoms with Crippen LogP contribution in [0.3, 0.4) is 0 Å². The van der Waals surface area contributed by atoms with Crippen LogP contribution in [0, 0.1) is 0 Å². The van der Waals surface area contributed by atoms with Gasteiger partial charge in [-0.1, -0.05) is 30.3 Å². The third kappa shape index (κ3) is 2.80. The molecule has 0 aromatic heterocycles. The van der Waals surface area contributed by atoms with E-state index >= 15 is 0 Å². The van der Waals surface area contributed by atoms with Crippen molar-refractivity contribution in [1.29, 1.82) is 0 Å². The lowest BCUT2D eigenvalue weighted by Crippen LogP contribution is -2.49. The summed E-state index contributed by atoms with van der Waals surface area (Å²) in [5.41, 5.74) is 0.261. The van der Waals surface area contributed by atoms with Crippen molar-refractivity contribution >= 4 is 5.97 Å². The first kappa shape index (κ1) is 13.6. The van der Waals surface area contributed by atoms with Gasteiger partial charge in [-0.25, -0.2) is 4.79 Å². The average Bonchev–Trinajstić information content (AvgIpc) is 2.41. The molecule has 0 fully saturated rings. The van der Waals surface area contributed by atoms with Gasteiger partial charge in [0, 0.05) is 6.08 Å². The molecule has 2 N–H and O–H groups in total. The van der Waals surface area contributed by atoms with Crippen molar-refractivity contribution in [2.45, 2.75) is 24.2 Å². The van der Waals surface area contributed by atoms with Crippen molar-refractivity contribution in [3.05, 3.63) is 48.0 Å². The van der Waals surface area contributed by atoms with E-state index in [0.29, 0.717) is 12.2 Å². The Morgan fingerprint density at radius 3 is 2.47 bits per heavy atom. The van der Waals surface area contributed by atoms with E-state index in [9.17, 15) is 23.8 Å². The standard InChI is InChI=1S/C13H12F2O4/c14-13(15)7-6-9(16)19-12(13)11(18)10(17)8-4-2-1-3-5-8/h1-7,10-12,17-18H/t10-,11-,12+/m0/s1. The van der Waals surface area contributed by atoms with E-state index in [1.165, 1.54) is 12.1 Å². The van der Waals surface area contributed by atoms with Crippen molar-refractivity contribution in [3.63, 3.8) is 0 Å². The van der Waals surface area contributed by atoms with Crippen LogP contribution in [0.15, 0.2) is 42.5 Å². The molecule has 0 amide bonds. The maximum Gasteiger partial charge on any atom is 0.331 e. The smallest absolute Gasteiger partial charge is 0.331 e. The summed E-state index contributed by atoms with van der Waals surface area (Å²) in [7, 11) is 0. The second-order valence-corrected chi connectivity index (χ2v) is 4.21. The molecule has 0 unspecified atom stereocenters. The molecule has 0 radical (unpaired) electrons. The van der Waals surface area contributed by atoms with Crippen LogP contribution in [0.2, 0.25) is 0 Å². The maximum absolute atomic E-state index is 13.5. The number of hydrogen-bond acceptors (Lipinski definition) is 4. The van der Waals surface area contributed by atoms with Crippen LogP contribution in [-0.4, -0.2) is 34.3 Å². The number of aliphatic hydroxyl groups is 2. The highest BCUT2D eigenvalue weighted by molar-refractivity contribution is 5.83. The number of ether oxygens (including phenoxy) is 1. The highest BCUT2D eigenvalue weighted by Crippen LogP contribution is 2.33. The zero-order valence-electron chi connectivity index (χ0n) is 9.74. The largest absolute Gasteiger partial charge is 0.449 e. The Balaban J connectivity index is 2.21. The predicted molar refractivity (Wildman–Crippen MR) is 61.4 cm³/mol. The van der Waals surface area contributed by atoms with E-state index in [2.05, 4.69) is 4.74 Å². The van der Waals surface area contributed by atoms with E-state index in [4.69, 9.17) is 0 Å². The molecule has 102 valence electrons. The second-order valence-electron chi connectivity index (χ2n) is 4.21. The third-order valence-electron chi connectivity index (χ3n) is 2.84. The Morgan fingerprint density at radius 2 is 1.84 bits per heavy atom. The van der Waals surface area contributed by atoms with E-state index in [1.807, 2.05) is 0 Å². The minimum Gasteiger partial charge on any atom is -0.449 e. The number of benzene rings is 1. The number of hydrogen-bond donors (Lipinski definition) is 2. The first-order valence-electron chi connectivity index (χ1n) is 5.60. The molecule has 0 bridgehead atoms. The van der Waals surface area contributed by atoms with Gasteiger partial charge < -0.3 is 14.9 Å². The third-order valence-corrected chi connectivity index (χ3v) is 2.84. The molecular formula is C13H12F2O4. The molecule has 4 nitrogen and oxygen atoms in total. The Labute approximate surface area is 107 Å². The van der Waals surface area contributed by atoms with Gasteiger partial charge in [-0.2, -0.15) is 8.78 Å². The first-order chi connectivity index (χ1) is 8.92. The SMILES string of the molecule is O=C1C=CC(F)(F)[C@@H]([C@@H](O)[C@@H](O)c2ccccc2)O1. The van der Waals surface area contributed by atoms with Crippen LogP contribution in [0.1, 0.15) is 11.7 Å². The number of rotatable bonds is 3. The number of alkyl halides is 2. The molecule has 19 heavy (non-hydrogen) atoms. The summed E-state index contributed by atoms with van der Waals surface area (Å²) in [5.74, 6) is -4.50. The Kier molecular flexibility index (Phi) is 3.64. The number of esters is 1. The monoisotopic (exact) mass is 270 g/mol. The van der Waals surface area contributed by atoms with Gasteiger partial charge in [0.25, 0.3) is 0 Å². The maximum atomic E-state index is 13.5. The van der Waals surface area contributed by atoms with E-state index in [1.54, 1.807) is 18.2 Å². The molecule has 1 aromatic carbocycles. The van der Waals surface area contributed by atoms with Crippen LogP contribution < -0.4 is 0 Å². The van der Waals surface area contributed by atoms with Gasteiger partial charge in [0.05, 0.1) is 0 Å². The van der Waals surface area contributed by atoms with Crippen molar-refractivity contribution in [1.82, 2.24) is 0 Å². The summed E-state index contributed by atoms with van der Waals surface area (Å²) in [5, 5.41) is 19.7. The molecule has 0 spiro atoms. The Morgan fingerprint density at radius 1 is 1.21 bits per heavy atom. The number of carbonyl (C=O) groups excluding carboxylic acids is 1. The zero-order chi connectivity index (χ0) is 14.0. The quantitative estimate of drug-likeness (QED) is 0.810. The number of carbonyl (C=O) groups is 1. The van der Waals surface area contributed by atoms with Crippen LogP contribution in [0.25, 0.3) is 0 Å². The van der Waals surface area contributed by atoms with Crippen LogP contribution in [-0.2, 0) is 9.53 Å². The van der Waals surface area contributed by atoms with Gasteiger partial charge in [-0.05, 0) is 11.6 Å². The molecule has 1 aromatic rings. The number of cyclic esters (lactones) is 1. The van der Waals surface area contributed by atoms with E-state index < -0.39 is 30.2 Å². The lowest BCUT2D eigenvalue weighted by atomic mass is 9.95. The molecule has 0 saturated carbocycles. The summed E-state index contributed by atoms with van der Waals surface area (Å²) in [6, 6.07) is 7.83. The minimum absolute atomic E-state index is 0.261. The fraction of sp³-hybridized carbons (Fsp3) is 0.308. The van der Waals surface area contributed by atoms with Crippen molar-refractivity contribution < 1.29 is 28.5 Å². The molecule has 1 aliphatic rings. The Bertz CT molecular complexity index is 487. The van der Waals surface area contributed by atoms with Crippen molar-refractivity contribution in [2.75, 3.05) is 0 Å². The topological polar surface area (TPSA) is 66.8 Å². The van der Waals surface area contributed by atoms with Gasteiger partial charge in [0.2, 0.25) is 0 Å². The molecule has 2 rings (SSSR count). The lowest BCUT2D eigenvalue weighted by molar-refractivity contribution is -0.192. The van der Waals surface area contributed by atoms with Crippen molar-refractivity contribution in [3.8, 4) is 0 Å². The van der Waals surface area contributed by atoms with Gasteiger partial charge in [0.15, 0.2) is 6.10 Å². The van der Waals surface area contributed by atoms with Crippen molar-refractivity contribution in [2.24, 2.45) is 0 Å². The summed E-state index contributed by atoms with van der Waals surface area (Å²) in [6.45, 7) is 0. The molecule has 1 aliphatic heterocycles. The molecule has 1 heterocycles. The lowest BCUT2D eigenvalue weighted by Gasteiger charge is -2.32. The zero-order valence-corrected chi connectivity index (χ0v) is 9.74. The fourth-order valence-electron chi connectivity index (χ4n) is 1.83. The van der Waals surface area contributed by atoms with E-state index in [0.717, 1.165) is 0 Å². The van der Waals surface area contributed by atoms with Gasteiger partial charge in [-0.3, -0.25) is 0 Å². The molecule has 3 atom stereocenters. The Hall–Kier alpha value is -1.79. The fourth-order valence-corrected chi connectivity index (χ4v) is 1.83. The normalized spacial score (nSPS) is 24.6. The van der Waals surface area contributed by atoms with Gasteiger partial charge >= 0.3 is 11.9 Å². The summed E-state index contributed by atoms with van der Waals surface area (Å²) >= 11 is 0. The summed E-state index contributed by atoms with van der Waals surface area (Å²) in [4.78, 5) is 11.0. The highest BCUT2D eigenvalue weighted by atomic mass is 19.3. The number of aliphatic hydroxyl groups excluding tert-OH is 2. The van der Waals surface area contributed by atoms with Crippen LogP contribution in [0.4, 0.5) is 8.78 Å². The molecule has 0 aliphatic carbocycles. The first-order valence-corrected chi connectivity index (χ1v) is 5.60. The molecule has 6 heteroatoms. The highest BCUT2D eigenvalue weighted by Gasteiger charge is 2.49. The van der Waals surface area contributed by atoms with Crippen LogP contribution >= 0.6 is 0 Å². The van der Waals surface area contributed by atoms with Crippen LogP contribution in [0.5, 0.6) is 0 Å². The van der Waals surface area contributed by atoms with Gasteiger partial charge in [-0.15, -0.1) is 0 Å². The predicted octanol–water partition coefficient (Wildman–Crippen LogP) is 1.20. The summed E-state index contributed by atoms with van der Waals surface area (Å²) < 4.78 is 31.5. The minimum atomic E-state index is -3.52.